The monoisotopic (exact) mass is 221 g/mol. The Morgan fingerprint density at radius 2 is 1.40 bits per heavy atom. The Kier molecular flexibility index (Phi) is 2.23. The van der Waals surface area contributed by atoms with Gasteiger partial charge in [0.15, 0.2) is 0 Å². The van der Waals surface area contributed by atoms with Crippen molar-refractivity contribution in [3.63, 3.8) is 0 Å². The average molecular weight is 221 g/mol. The lowest BCUT2D eigenvalue weighted by Crippen LogP contribution is -2.44. The molecule has 1 aromatic rings. The number of hydrogen-bond acceptors (Lipinski definition) is 2. The van der Waals surface area contributed by atoms with E-state index in [9.17, 15) is 9.59 Å². The van der Waals surface area contributed by atoms with E-state index in [1.807, 2.05) is 12.5 Å². The van der Waals surface area contributed by atoms with Crippen molar-refractivity contribution >= 4 is 22.5 Å². The molecule has 0 amide bonds. The molecule has 15 heavy (non-hydrogen) atoms. The highest BCUT2D eigenvalue weighted by Crippen LogP contribution is 2.35. The first kappa shape index (κ1) is 10.4. The zero-order valence-electron chi connectivity index (χ0n) is 9.03. The summed E-state index contributed by atoms with van der Waals surface area (Å²) in [6.45, 7) is 1.76. The third-order valence-corrected chi connectivity index (χ3v) is 5.10. The molecule has 1 aliphatic rings. The lowest BCUT2D eigenvalue weighted by molar-refractivity contribution is 0.0877. The van der Waals surface area contributed by atoms with Crippen LogP contribution in [0.25, 0.3) is 0 Å². The Labute approximate surface area is 92.0 Å². The van der Waals surface area contributed by atoms with Gasteiger partial charge in [-0.15, -0.1) is 0 Å². The largest absolute Gasteiger partial charge is 0.288 e. The Bertz CT molecular complexity index is 414. The van der Waals surface area contributed by atoms with E-state index < -0.39 is 4.75 Å². The smallest absolute Gasteiger partial charge is 0.248 e. The fraction of sp³-hybridized carbons (Fsp3) is 0.333. The number of fused-ring (bicyclic) bond motifs is 1. The molecule has 0 bridgehead atoms. The van der Waals surface area contributed by atoms with E-state index in [4.69, 9.17) is 0 Å². The van der Waals surface area contributed by atoms with Crippen LogP contribution in [-0.2, 0) is 10.9 Å². The van der Waals surface area contributed by atoms with Crippen molar-refractivity contribution in [1.82, 2.24) is 0 Å². The van der Waals surface area contributed by atoms with Crippen LogP contribution in [0.15, 0.2) is 24.3 Å². The SMILES string of the molecule is C[S+](C)C1(C)C(=O)c2ccccc2C1=O. The summed E-state index contributed by atoms with van der Waals surface area (Å²) in [4.78, 5) is 24.3. The predicted octanol–water partition coefficient (Wildman–Crippen LogP) is 1.70. The van der Waals surface area contributed by atoms with Gasteiger partial charge in [0.2, 0.25) is 16.3 Å². The zero-order chi connectivity index (χ0) is 11.2. The lowest BCUT2D eigenvalue weighted by atomic mass is 10.1. The van der Waals surface area contributed by atoms with Gasteiger partial charge in [-0.3, -0.25) is 9.59 Å². The molecule has 78 valence electrons. The highest BCUT2D eigenvalue weighted by molar-refractivity contribution is 7.98. The molecule has 0 saturated carbocycles. The zero-order valence-corrected chi connectivity index (χ0v) is 9.85. The number of carbonyl (C=O) groups excluding carboxylic acids is 2. The van der Waals surface area contributed by atoms with E-state index in [2.05, 4.69) is 0 Å². The number of benzene rings is 1. The topological polar surface area (TPSA) is 34.1 Å². The van der Waals surface area contributed by atoms with Gasteiger partial charge in [-0.1, -0.05) is 24.3 Å². The maximum Gasteiger partial charge on any atom is 0.248 e. The summed E-state index contributed by atoms with van der Waals surface area (Å²) in [7, 11) is -0.242. The Morgan fingerprint density at radius 1 is 1.00 bits per heavy atom. The van der Waals surface area contributed by atoms with Crippen molar-refractivity contribution in [2.45, 2.75) is 11.7 Å². The van der Waals surface area contributed by atoms with Crippen LogP contribution in [0.2, 0.25) is 0 Å². The van der Waals surface area contributed by atoms with Gasteiger partial charge in [0, 0.05) is 28.9 Å². The molecular weight excluding hydrogens is 208 g/mol. The summed E-state index contributed by atoms with van der Waals surface area (Å²) in [5.41, 5.74) is 1.18. The van der Waals surface area contributed by atoms with Crippen LogP contribution in [0.4, 0.5) is 0 Å². The molecule has 1 aromatic carbocycles. The van der Waals surface area contributed by atoms with Gasteiger partial charge in [-0.25, -0.2) is 0 Å². The third-order valence-electron chi connectivity index (χ3n) is 3.10. The molecule has 2 nitrogen and oxygen atoms in total. The quantitative estimate of drug-likeness (QED) is 0.534. The minimum absolute atomic E-state index is 0.0172. The van der Waals surface area contributed by atoms with Gasteiger partial charge in [-0.05, 0) is 0 Å². The molecule has 0 heterocycles. The van der Waals surface area contributed by atoms with Crippen molar-refractivity contribution in [3.8, 4) is 0 Å². The highest BCUT2D eigenvalue weighted by Gasteiger charge is 2.58. The number of ketones is 2. The first-order chi connectivity index (χ1) is 6.99. The molecule has 0 spiro atoms. The van der Waals surface area contributed by atoms with E-state index in [1.54, 1.807) is 31.2 Å². The molecule has 0 fully saturated rings. The van der Waals surface area contributed by atoms with Crippen LogP contribution in [0.5, 0.6) is 0 Å². The van der Waals surface area contributed by atoms with Crippen molar-refractivity contribution in [1.29, 1.82) is 0 Å². The molecular formula is C12H13O2S+. The fourth-order valence-electron chi connectivity index (χ4n) is 1.87. The molecule has 1 aliphatic carbocycles. The van der Waals surface area contributed by atoms with Gasteiger partial charge in [0.05, 0.1) is 12.5 Å². The summed E-state index contributed by atoms with van der Waals surface area (Å²) >= 11 is 0. The van der Waals surface area contributed by atoms with Gasteiger partial charge < -0.3 is 0 Å². The summed E-state index contributed by atoms with van der Waals surface area (Å²) in [5.74, 6) is -0.0344. The average Bonchev–Trinajstić information content (AvgIpc) is 2.43. The van der Waals surface area contributed by atoms with Crippen LogP contribution in [0.1, 0.15) is 27.6 Å². The first-order valence-corrected chi connectivity index (χ1v) is 6.80. The second-order valence-electron chi connectivity index (χ2n) is 4.05. The van der Waals surface area contributed by atoms with Crippen molar-refractivity contribution in [2.24, 2.45) is 0 Å². The highest BCUT2D eigenvalue weighted by atomic mass is 32.2. The standard InChI is InChI=1S/C12H13O2S/c1-12(15(2)3)10(13)8-6-4-5-7-9(8)11(12)14/h4-7H,1-3H3/q+1. The predicted molar refractivity (Wildman–Crippen MR) is 62.7 cm³/mol. The summed E-state index contributed by atoms with van der Waals surface area (Å²) < 4.78 is -0.830. The summed E-state index contributed by atoms with van der Waals surface area (Å²) in [6, 6.07) is 7.10. The summed E-state index contributed by atoms with van der Waals surface area (Å²) in [5, 5.41) is 0. The van der Waals surface area contributed by atoms with E-state index in [0.717, 1.165) is 0 Å². The van der Waals surface area contributed by atoms with Crippen LogP contribution < -0.4 is 0 Å². The maximum atomic E-state index is 12.2. The number of carbonyl (C=O) groups is 2. The minimum atomic E-state index is -0.830. The van der Waals surface area contributed by atoms with Crippen LogP contribution >= 0.6 is 0 Å². The van der Waals surface area contributed by atoms with E-state index >= 15 is 0 Å². The van der Waals surface area contributed by atoms with Crippen molar-refractivity contribution < 1.29 is 9.59 Å². The molecule has 0 unspecified atom stereocenters. The molecule has 2 rings (SSSR count). The lowest BCUT2D eigenvalue weighted by Gasteiger charge is -2.15. The molecule has 0 N–H and O–H groups in total. The minimum Gasteiger partial charge on any atom is -0.288 e. The van der Waals surface area contributed by atoms with Crippen LogP contribution in [0, 0.1) is 0 Å². The van der Waals surface area contributed by atoms with Crippen LogP contribution in [-0.4, -0.2) is 28.8 Å². The maximum absolute atomic E-state index is 12.2. The molecule has 3 heteroatoms. The number of rotatable bonds is 1. The van der Waals surface area contributed by atoms with E-state index in [1.165, 1.54) is 0 Å². The number of hydrogen-bond donors (Lipinski definition) is 0. The summed E-state index contributed by atoms with van der Waals surface area (Å²) in [6.07, 6.45) is 3.89. The Hall–Kier alpha value is -1.09. The second-order valence-corrected chi connectivity index (χ2v) is 6.50. The molecule has 0 atom stereocenters. The van der Waals surface area contributed by atoms with Gasteiger partial charge in [0.25, 0.3) is 0 Å². The van der Waals surface area contributed by atoms with Gasteiger partial charge in [-0.2, -0.15) is 0 Å². The normalized spacial score (nSPS) is 18.4. The Balaban J connectivity index is 2.65. The van der Waals surface area contributed by atoms with Gasteiger partial charge in [0.1, 0.15) is 0 Å². The first-order valence-electron chi connectivity index (χ1n) is 4.76. The molecule has 0 radical (unpaired) electrons. The molecule has 0 aliphatic heterocycles. The fourth-order valence-corrected chi connectivity index (χ4v) is 2.83. The second kappa shape index (κ2) is 3.20. The number of Topliss-reactive ketones (excluding diaryl/α,β-unsaturated/α-hetero) is 2. The van der Waals surface area contributed by atoms with Crippen LogP contribution in [0.3, 0.4) is 0 Å². The van der Waals surface area contributed by atoms with E-state index in [-0.39, 0.29) is 22.5 Å². The van der Waals surface area contributed by atoms with Crippen molar-refractivity contribution in [2.75, 3.05) is 12.5 Å². The van der Waals surface area contributed by atoms with E-state index in [0.29, 0.717) is 11.1 Å². The molecule has 0 saturated heterocycles. The van der Waals surface area contributed by atoms with Crippen molar-refractivity contribution in [3.05, 3.63) is 35.4 Å². The molecule has 0 aromatic heterocycles. The Morgan fingerprint density at radius 3 is 1.73 bits per heavy atom. The third kappa shape index (κ3) is 1.19. The van der Waals surface area contributed by atoms with Gasteiger partial charge >= 0.3 is 0 Å².